The number of nitrogens with zero attached hydrogens (tertiary/aromatic N) is 1. The molecule has 14 heavy (non-hydrogen) atoms. The number of fused-ring (bicyclic) bond motifs is 1. The monoisotopic (exact) mass is 212 g/mol. The minimum atomic E-state index is -3.71. The molecule has 2 aromatic rings. The summed E-state index contributed by atoms with van der Waals surface area (Å²) in [4.78, 5) is 0. The lowest BCUT2D eigenvalue weighted by Crippen LogP contribution is -2.21. The zero-order valence-corrected chi connectivity index (χ0v) is 7.88. The highest BCUT2D eigenvalue weighted by atomic mass is 32.2. The van der Waals surface area contributed by atoms with Gasteiger partial charge in [-0.1, -0.05) is 0 Å². The molecule has 0 radical (unpaired) electrons. The SMILES string of the molecule is NS(=O)(=O)Nc1ccc2[nH]ncc2c1. The van der Waals surface area contributed by atoms with Gasteiger partial charge in [-0.05, 0) is 18.2 Å². The molecule has 0 aliphatic carbocycles. The number of hydrogen-bond acceptors (Lipinski definition) is 3. The van der Waals surface area contributed by atoms with Gasteiger partial charge in [0.1, 0.15) is 0 Å². The number of nitrogens with two attached hydrogens (primary N) is 1. The van der Waals surface area contributed by atoms with Crippen molar-refractivity contribution in [3.63, 3.8) is 0 Å². The van der Waals surface area contributed by atoms with Crippen molar-refractivity contribution in [2.45, 2.75) is 0 Å². The molecule has 4 N–H and O–H groups in total. The van der Waals surface area contributed by atoms with Gasteiger partial charge in [-0.3, -0.25) is 9.82 Å². The molecule has 0 aliphatic rings. The average Bonchev–Trinajstić information content (AvgIpc) is 2.47. The third-order valence-corrected chi connectivity index (χ3v) is 2.22. The highest BCUT2D eigenvalue weighted by Gasteiger charge is 2.03. The molecule has 0 fully saturated rings. The van der Waals surface area contributed by atoms with Crippen molar-refractivity contribution >= 4 is 26.8 Å². The highest BCUT2D eigenvalue weighted by Crippen LogP contribution is 2.16. The largest absolute Gasteiger partial charge is 0.296 e. The first-order valence-corrected chi connectivity index (χ1v) is 5.33. The molecule has 1 aromatic carbocycles. The van der Waals surface area contributed by atoms with Crippen LogP contribution < -0.4 is 9.86 Å². The predicted molar refractivity (Wildman–Crippen MR) is 52.8 cm³/mol. The van der Waals surface area contributed by atoms with Crippen LogP contribution in [-0.4, -0.2) is 18.6 Å². The Labute approximate surface area is 80.3 Å². The van der Waals surface area contributed by atoms with E-state index in [1.807, 2.05) is 0 Å². The lowest BCUT2D eigenvalue weighted by Gasteiger charge is -2.02. The summed E-state index contributed by atoms with van der Waals surface area (Å²) in [6.07, 6.45) is 1.60. The molecule has 0 unspecified atom stereocenters. The van der Waals surface area contributed by atoms with E-state index < -0.39 is 10.2 Å². The fourth-order valence-electron chi connectivity index (χ4n) is 1.17. The number of rotatable bonds is 2. The fourth-order valence-corrected chi connectivity index (χ4v) is 1.63. The minimum absolute atomic E-state index is 0.418. The van der Waals surface area contributed by atoms with Crippen molar-refractivity contribution in [1.29, 1.82) is 0 Å². The van der Waals surface area contributed by atoms with Gasteiger partial charge in [-0.2, -0.15) is 13.5 Å². The van der Waals surface area contributed by atoms with E-state index in [1.54, 1.807) is 24.4 Å². The Morgan fingerprint density at radius 1 is 1.43 bits per heavy atom. The summed E-state index contributed by atoms with van der Waals surface area (Å²) in [5.74, 6) is 0. The van der Waals surface area contributed by atoms with Crippen molar-refractivity contribution in [2.24, 2.45) is 5.14 Å². The van der Waals surface area contributed by atoms with Crippen molar-refractivity contribution in [2.75, 3.05) is 4.72 Å². The Bertz CT molecular complexity index is 560. The minimum Gasteiger partial charge on any atom is -0.278 e. The van der Waals surface area contributed by atoms with Crippen LogP contribution in [0.5, 0.6) is 0 Å². The van der Waals surface area contributed by atoms with Crippen LogP contribution in [-0.2, 0) is 10.2 Å². The molecule has 1 aromatic heterocycles. The van der Waals surface area contributed by atoms with Crippen LogP contribution in [0.1, 0.15) is 0 Å². The topological polar surface area (TPSA) is 101 Å². The van der Waals surface area contributed by atoms with E-state index in [0.717, 1.165) is 10.9 Å². The van der Waals surface area contributed by atoms with Gasteiger partial charge in [0, 0.05) is 5.39 Å². The maximum absolute atomic E-state index is 10.7. The van der Waals surface area contributed by atoms with Gasteiger partial charge in [-0.25, -0.2) is 5.14 Å². The summed E-state index contributed by atoms with van der Waals surface area (Å²) in [7, 11) is -3.71. The van der Waals surface area contributed by atoms with Crippen molar-refractivity contribution < 1.29 is 8.42 Å². The maximum atomic E-state index is 10.7. The Balaban J connectivity index is 2.44. The third-order valence-electron chi connectivity index (χ3n) is 1.70. The molecule has 0 saturated carbocycles. The number of benzene rings is 1. The first-order valence-electron chi connectivity index (χ1n) is 3.78. The molecular formula is C7H8N4O2S. The molecular weight excluding hydrogens is 204 g/mol. The molecule has 74 valence electrons. The van der Waals surface area contributed by atoms with Crippen LogP contribution in [0.25, 0.3) is 10.9 Å². The summed E-state index contributed by atoms with van der Waals surface area (Å²) >= 11 is 0. The lowest BCUT2D eigenvalue weighted by atomic mass is 10.2. The lowest BCUT2D eigenvalue weighted by molar-refractivity contribution is 0.603. The van der Waals surface area contributed by atoms with E-state index in [9.17, 15) is 8.42 Å². The zero-order valence-electron chi connectivity index (χ0n) is 7.06. The molecule has 0 amide bonds. The first kappa shape index (κ1) is 8.97. The molecule has 2 rings (SSSR count). The quantitative estimate of drug-likeness (QED) is 0.661. The maximum Gasteiger partial charge on any atom is 0.296 e. The van der Waals surface area contributed by atoms with Crippen LogP contribution in [0.4, 0.5) is 5.69 Å². The van der Waals surface area contributed by atoms with Crippen LogP contribution >= 0.6 is 0 Å². The van der Waals surface area contributed by atoms with Crippen LogP contribution in [0.2, 0.25) is 0 Å². The number of H-pyrrole nitrogens is 1. The standard InChI is InChI=1S/C7H8N4O2S/c8-14(12,13)11-6-1-2-7-5(3-6)4-9-10-7/h1-4,11H,(H,9,10)(H2,8,12,13). The average molecular weight is 212 g/mol. The van der Waals surface area contributed by atoms with Crippen LogP contribution in [0, 0.1) is 0 Å². The molecule has 0 spiro atoms. The molecule has 0 bridgehead atoms. The summed E-state index contributed by atoms with van der Waals surface area (Å²) in [6, 6.07) is 4.96. The molecule has 1 heterocycles. The molecule has 0 atom stereocenters. The van der Waals surface area contributed by atoms with E-state index in [2.05, 4.69) is 14.9 Å². The summed E-state index contributed by atoms with van der Waals surface area (Å²) in [5.41, 5.74) is 1.26. The van der Waals surface area contributed by atoms with Gasteiger partial charge in [-0.15, -0.1) is 0 Å². The van der Waals surface area contributed by atoms with Gasteiger partial charge in [0.05, 0.1) is 17.4 Å². The Hall–Kier alpha value is -1.60. The van der Waals surface area contributed by atoms with E-state index in [-0.39, 0.29) is 0 Å². The Morgan fingerprint density at radius 3 is 2.93 bits per heavy atom. The van der Waals surface area contributed by atoms with Gasteiger partial charge >= 0.3 is 0 Å². The number of aromatic amines is 1. The summed E-state index contributed by atoms with van der Waals surface area (Å²) in [6.45, 7) is 0. The number of anilines is 1. The summed E-state index contributed by atoms with van der Waals surface area (Å²) in [5, 5.41) is 12.2. The smallest absolute Gasteiger partial charge is 0.278 e. The zero-order chi connectivity index (χ0) is 10.2. The van der Waals surface area contributed by atoms with Crippen molar-refractivity contribution in [3.8, 4) is 0 Å². The van der Waals surface area contributed by atoms with Crippen molar-refractivity contribution in [1.82, 2.24) is 10.2 Å². The second-order valence-corrected chi connectivity index (χ2v) is 4.11. The molecule has 7 heteroatoms. The van der Waals surface area contributed by atoms with E-state index in [1.165, 1.54) is 0 Å². The fraction of sp³-hybridized carbons (Fsp3) is 0. The highest BCUT2D eigenvalue weighted by molar-refractivity contribution is 7.90. The molecule has 0 aliphatic heterocycles. The van der Waals surface area contributed by atoms with E-state index >= 15 is 0 Å². The first-order chi connectivity index (χ1) is 6.54. The Kier molecular flexibility index (Phi) is 1.90. The van der Waals surface area contributed by atoms with Gasteiger partial charge in [0.25, 0.3) is 10.2 Å². The van der Waals surface area contributed by atoms with Crippen LogP contribution in [0.3, 0.4) is 0 Å². The third kappa shape index (κ3) is 1.83. The van der Waals surface area contributed by atoms with Gasteiger partial charge in [0.2, 0.25) is 0 Å². The van der Waals surface area contributed by atoms with Crippen LogP contribution in [0.15, 0.2) is 24.4 Å². The van der Waals surface area contributed by atoms with E-state index in [4.69, 9.17) is 5.14 Å². The molecule has 6 nitrogen and oxygen atoms in total. The van der Waals surface area contributed by atoms with Gasteiger partial charge < -0.3 is 0 Å². The summed E-state index contributed by atoms with van der Waals surface area (Å²) < 4.78 is 23.6. The number of hydrogen-bond donors (Lipinski definition) is 3. The second-order valence-electron chi connectivity index (χ2n) is 2.82. The van der Waals surface area contributed by atoms with Gasteiger partial charge in [0.15, 0.2) is 0 Å². The Morgan fingerprint density at radius 2 is 2.21 bits per heavy atom. The second kappa shape index (κ2) is 2.96. The number of nitrogens with one attached hydrogen (secondary N) is 2. The molecule has 0 saturated heterocycles. The van der Waals surface area contributed by atoms with E-state index in [0.29, 0.717) is 5.69 Å². The normalized spacial score (nSPS) is 11.8. The van der Waals surface area contributed by atoms with Crippen molar-refractivity contribution in [3.05, 3.63) is 24.4 Å². The number of aromatic nitrogens is 2. The predicted octanol–water partition coefficient (Wildman–Crippen LogP) is 0.178.